The van der Waals surface area contributed by atoms with Gasteiger partial charge in [-0.25, -0.2) is 4.79 Å². The van der Waals surface area contributed by atoms with Gasteiger partial charge in [0.1, 0.15) is 0 Å². The Morgan fingerprint density at radius 3 is 2.72 bits per heavy atom. The SMILES string of the molecule is CCOc1cc(CNC)ccc1OC(C)C(=O)O. The lowest BCUT2D eigenvalue weighted by molar-refractivity contribution is -0.144. The van der Waals surface area contributed by atoms with Gasteiger partial charge in [0.2, 0.25) is 0 Å². The van der Waals surface area contributed by atoms with Crippen molar-refractivity contribution >= 4 is 5.97 Å². The molecule has 18 heavy (non-hydrogen) atoms. The molecule has 0 saturated heterocycles. The predicted octanol–water partition coefficient (Wildman–Crippen LogP) is 1.66. The zero-order valence-electron chi connectivity index (χ0n) is 10.9. The van der Waals surface area contributed by atoms with Gasteiger partial charge >= 0.3 is 5.97 Å². The van der Waals surface area contributed by atoms with Crippen molar-refractivity contribution in [2.24, 2.45) is 0 Å². The monoisotopic (exact) mass is 253 g/mol. The maximum Gasteiger partial charge on any atom is 0.344 e. The molecule has 1 aromatic rings. The van der Waals surface area contributed by atoms with E-state index in [1.807, 2.05) is 26.1 Å². The quantitative estimate of drug-likeness (QED) is 0.773. The second-order valence-electron chi connectivity index (χ2n) is 3.84. The van der Waals surface area contributed by atoms with Gasteiger partial charge in [-0.3, -0.25) is 0 Å². The van der Waals surface area contributed by atoms with Crippen LogP contribution in [-0.4, -0.2) is 30.8 Å². The summed E-state index contributed by atoms with van der Waals surface area (Å²) >= 11 is 0. The zero-order valence-corrected chi connectivity index (χ0v) is 10.9. The smallest absolute Gasteiger partial charge is 0.344 e. The molecule has 1 aromatic carbocycles. The van der Waals surface area contributed by atoms with E-state index in [0.29, 0.717) is 18.1 Å². The fourth-order valence-corrected chi connectivity index (χ4v) is 1.47. The van der Waals surface area contributed by atoms with Crippen molar-refractivity contribution in [1.29, 1.82) is 0 Å². The number of hydrogen-bond acceptors (Lipinski definition) is 4. The van der Waals surface area contributed by atoms with Crippen molar-refractivity contribution in [3.05, 3.63) is 23.8 Å². The van der Waals surface area contributed by atoms with E-state index in [1.165, 1.54) is 6.92 Å². The number of ether oxygens (including phenoxy) is 2. The minimum Gasteiger partial charge on any atom is -0.490 e. The van der Waals surface area contributed by atoms with Crippen LogP contribution in [0.4, 0.5) is 0 Å². The molecule has 5 heteroatoms. The van der Waals surface area contributed by atoms with Crippen LogP contribution in [0.5, 0.6) is 11.5 Å². The number of aliphatic carboxylic acids is 1. The van der Waals surface area contributed by atoms with Gasteiger partial charge in [-0.2, -0.15) is 0 Å². The average molecular weight is 253 g/mol. The highest BCUT2D eigenvalue weighted by Crippen LogP contribution is 2.29. The molecule has 1 atom stereocenters. The third kappa shape index (κ3) is 3.92. The normalized spacial score (nSPS) is 11.9. The van der Waals surface area contributed by atoms with Crippen molar-refractivity contribution in [3.8, 4) is 11.5 Å². The van der Waals surface area contributed by atoms with E-state index in [4.69, 9.17) is 14.6 Å². The Balaban J connectivity index is 2.91. The molecule has 1 rings (SSSR count). The molecule has 2 N–H and O–H groups in total. The van der Waals surface area contributed by atoms with Gasteiger partial charge in [0.25, 0.3) is 0 Å². The molecule has 0 radical (unpaired) electrons. The van der Waals surface area contributed by atoms with Crippen molar-refractivity contribution in [3.63, 3.8) is 0 Å². The fraction of sp³-hybridized carbons (Fsp3) is 0.462. The molecule has 0 heterocycles. The molecular weight excluding hydrogens is 234 g/mol. The van der Waals surface area contributed by atoms with Crippen LogP contribution in [0.3, 0.4) is 0 Å². The minimum absolute atomic E-state index is 0.451. The molecule has 1 unspecified atom stereocenters. The van der Waals surface area contributed by atoms with Crippen LogP contribution in [0.15, 0.2) is 18.2 Å². The van der Waals surface area contributed by atoms with Crippen LogP contribution >= 0.6 is 0 Å². The molecule has 0 spiro atoms. The fourth-order valence-electron chi connectivity index (χ4n) is 1.47. The third-order valence-corrected chi connectivity index (χ3v) is 2.34. The van der Waals surface area contributed by atoms with E-state index in [2.05, 4.69) is 5.32 Å². The highest BCUT2D eigenvalue weighted by Gasteiger charge is 2.15. The van der Waals surface area contributed by atoms with Gasteiger partial charge in [0, 0.05) is 6.54 Å². The summed E-state index contributed by atoms with van der Waals surface area (Å²) in [4.78, 5) is 10.8. The van der Waals surface area contributed by atoms with Gasteiger partial charge in [-0.05, 0) is 38.6 Å². The average Bonchev–Trinajstić information content (AvgIpc) is 2.33. The Labute approximate surface area is 107 Å². The predicted molar refractivity (Wildman–Crippen MR) is 68.1 cm³/mol. The van der Waals surface area contributed by atoms with E-state index >= 15 is 0 Å². The molecule has 0 saturated carbocycles. The van der Waals surface area contributed by atoms with Gasteiger partial charge in [-0.15, -0.1) is 0 Å². The summed E-state index contributed by atoms with van der Waals surface area (Å²) in [5.41, 5.74) is 1.05. The van der Waals surface area contributed by atoms with Crippen LogP contribution in [-0.2, 0) is 11.3 Å². The van der Waals surface area contributed by atoms with E-state index in [9.17, 15) is 4.79 Å². The second kappa shape index (κ2) is 6.86. The topological polar surface area (TPSA) is 67.8 Å². The van der Waals surface area contributed by atoms with Crippen molar-refractivity contribution in [1.82, 2.24) is 5.32 Å². The van der Waals surface area contributed by atoms with E-state index < -0.39 is 12.1 Å². The molecule has 0 bridgehead atoms. The number of carbonyl (C=O) groups is 1. The standard InChI is InChI=1S/C13H19NO4/c1-4-17-12-7-10(8-14-3)5-6-11(12)18-9(2)13(15)16/h5-7,9,14H,4,8H2,1-3H3,(H,15,16). The third-order valence-electron chi connectivity index (χ3n) is 2.34. The van der Waals surface area contributed by atoms with E-state index in [1.54, 1.807) is 6.07 Å². The largest absolute Gasteiger partial charge is 0.490 e. The van der Waals surface area contributed by atoms with Crippen LogP contribution in [0.2, 0.25) is 0 Å². The first kappa shape index (κ1) is 14.3. The maximum atomic E-state index is 10.8. The lowest BCUT2D eigenvalue weighted by atomic mass is 10.2. The van der Waals surface area contributed by atoms with Crippen LogP contribution in [0, 0.1) is 0 Å². The summed E-state index contributed by atoms with van der Waals surface area (Å²) < 4.78 is 10.8. The second-order valence-corrected chi connectivity index (χ2v) is 3.84. The lowest BCUT2D eigenvalue weighted by Crippen LogP contribution is -2.23. The molecule has 0 amide bonds. The Bertz CT molecular complexity index is 406. The van der Waals surface area contributed by atoms with Crippen LogP contribution < -0.4 is 14.8 Å². The molecule has 0 fully saturated rings. The van der Waals surface area contributed by atoms with Gasteiger partial charge in [-0.1, -0.05) is 6.07 Å². The number of carboxylic acids is 1. The molecule has 0 aliphatic rings. The number of carboxylic acid groups (broad SMARTS) is 1. The zero-order chi connectivity index (χ0) is 13.5. The number of rotatable bonds is 7. The first-order chi connectivity index (χ1) is 8.58. The Hall–Kier alpha value is -1.75. The van der Waals surface area contributed by atoms with Crippen LogP contribution in [0.25, 0.3) is 0 Å². The van der Waals surface area contributed by atoms with Crippen molar-refractivity contribution in [2.75, 3.05) is 13.7 Å². The molecule has 0 aliphatic carbocycles. The van der Waals surface area contributed by atoms with Crippen molar-refractivity contribution in [2.45, 2.75) is 26.5 Å². The Morgan fingerprint density at radius 1 is 1.44 bits per heavy atom. The first-order valence-electron chi connectivity index (χ1n) is 5.88. The Kier molecular flexibility index (Phi) is 5.45. The van der Waals surface area contributed by atoms with Gasteiger partial charge in [0.15, 0.2) is 17.6 Å². The number of hydrogen-bond donors (Lipinski definition) is 2. The summed E-state index contributed by atoms with van der Waals surface area (Å²) in [6.45, 7) is 4.57. The van der Waals surface area contributed by atoms with Gasteiger partial charge < -0.3 is 19.9 Å². The lowest BCUT2D eigenvalue weighted by Gasteiger charge is -2.15. The summed E-state index contributed by atoms with van der Waals surface area (Å²) in [5.74, 6) is 0.0155. The molecule has 100 valence electrons. The molecule has 5 nitrogen and oxygen atoms in total. The minimum atomic E-state index is -1.00. The summed E-state index contributed by atoms with van der Waals surface area (Å²) in [6.07, 6.45) is -0.903. The summed E-state index contributed by atoms with van der Waals surface area (Å²) in [6, 6.07) is 5.46. The van der Waals surface area contributed by atoms with Gasteiger partial charge in [0.05, 0.1) is 6.61 Å². The Morgan fingerprint density at radius 2 is 2.17 bits per heavy atom. The highest BCUT2D eigenvalue weighted by atomic mass is 16.5. The molecular formula is C13H19NO4. The highest BCUT2D eigenvalue weighted by molar-refractivity contribution is 5.72. The molecule has 0 aromatic heterocycles. The maximum absolute atomic E-state index is 10.8. The van der Waals surface area contributed by atoms with E-state index in [-0.39, 0.29) is 0 Å². The summed E-state index contributed by atoms with van der Waals surface area (Å²) in [7, 11) is 1.86. The summed E-state index contributed by atoms with van der Waals surface area (Å²) in [5, 5.41) is 11.9. The van der Waals surface area contributed by atoms with Crippen molar-refractivity contribution < 1.29 is 19.4 Å². The number of benzene rings is 1. The first-order valence-corrected chi connectivity index (χ1v) is 5.88. The number of nitrogens with one attached hydrogen (secondary N) is 1. The van der Waals surface area contributed by atoms with Crippen LogP contribution in [0.1, 0.15) is 19.4 Å². The van der Waals surface area contributed by atoms with E-state index in [0.717, 1.165) is 12.1 Å². The molecule has 0 aliphatic heterocycles.